The number of hydrogen-bond donors (Lipinski definition) is 2. The molecule has 0 radical (unpaired) electrons. The highest BCUT2D eigenvalue weighted by Gasteiger charge is 2.24. The number of nitrogens with zero attached hydrogens (tertiary/aromatic N) is 1. The van der Waals surface area contributed by atoms with E-state index in [4.69, 9.17) is 9.84 Å². The summed E-state index contributed by atoms with van der Waals surface area (Å²) in [6.07, 6.45) is 0.420. The lowest BCUT2D eigenvalue weighted by Crippen LogP contribution is -2.05. The molecule has 1 aliphatic heterocycles. The number of aromatic carboxylic acids is 1. The van der Waals surface area contributed by atoms with Crippen LogP contribution in [0.2, 0.25) is 0 Å². The third kappa shape index (κ3) is 1.54. The summed E-state index contributed by atoms with van der Waals surface area (Å²) < 4.78 is 18.6. The van der Waals surface area contributed by atoms with Gasteiger partial charge in [0.25, 0.3) is 0 Å². The lowest BCUT2D eigenvalue weighted by molar-refractivity contribution is 0.0689. The molecule has 18 heavy (non-hydrogen) atoms. The van der Waals surface area contributed by atoms with E-state index < -0.39 is 11.8 Å². The third-order valence-electron chi connectivity index (χ3n) is 2.89. The molecule has 2 aromatic rings. The van der Waals surface area contributed by atoms with Crippen molar-refractivity contribution >= 4 is 5.97 Å². The van der Waals surface area contributed by atoms with Gasteiger partial charge in [-0.15, -0.1) is 0 Å². The number of carboxylic acids is 1. The molecule has 2 heterocycles. The van der Waals surface area contributed by atoms with Crippen LogP contribution in [0.15, 0.2) is 18.2 Å². The minimum absolute atomic E-state index is 0.0609. The maximum atomic E-state index is 13.1. The van der Waals surface area contributed by atoms with Crippen LogP contribution in [-0.2, 0) is 6.42 Å². The number of benzene rings is 1. The second-order valence-corrected chi connectivity index (χ2v) is 3.97. The van der Waals surface area contributed by atoms with Gasteiger partial charge in [-0.2, -0.15) is 5.10 Å². The van der Waals surface area contributed by atoms with Crippen LogP contribution in [0.5, 0.6) is 5.75 Å². The van der Waals surface area contributed by atoms with Crippen LogP contribution in [0, 0.1) is 5.82 Å². The van der Waals surface area contributed by atoms with Gasteiger partial charge in [-0.1, -0.05) is 0 Å². The van der Waals surface area contributed by atoms with Crippen LogP contribution in [0.3, 0.4) is 0 Å². The van der Waals surface area contributed by atoms with Gasteiger partial charge in [-0.3, -0.25) is 5.10 Å². The van der Waals surface area contributed by atoms with Crippen molar-refractivity contribution in [3.8, 4) is 17.0 Å². The van der Waals surface area contributed by atoms with Crippen LogP contribution in [-0.4, -0.2) is 27.9 Å². The molecule has 0 aliphatic carbocycles. The molecule has 0 fully saturated rings. The van der Waals surface area contributed by atoms with E-state index in [0.717, 1.165) is 0 Å². The van der Waals surface area contributed by atoms with Crippen molar-refractivity contribution in [2.75, 3.05) is 6.61 Å². The highest BCUT2D eigenvalue weighted by atomic mass is 19.1. The number of carbonyl (C=O) groups is 1. The lowest BCUT2D eigenvalue weighted by Gasteiger charge is -2.05. The first kappa shape index (κ1) is 10.8. The Morgan fingerprint density at radius 2 is 2.33 bits per heavy atom. The standard InChI is InChI=1S/C12H9FN2O3/c13-6-1-2-7-9(5-6)18-4-3-8-10(7)14-15-11(8)12(16)17/h1-2,5H,3-4H2,(H,14,15)(H,16,17). The molecule has 1 aromatic carbocycles. The normalized spacial score (nSPS) is 13.2. The SMILES string of the molecule is O=C(O)c1[nH]nc2c1CCOc1cc(F)ccc1-2. The second kappa shape index (κ2) is 3.83. The first-order chi connectivity index (χ1) is 8.66. The molecule has 2 N–H and O–H groups in total. The summed E-state index contributed by atoms with van der Waals surface area (Å²) >= 11 is 0. The maximum Gasteiger partial charge on any atom is 0.354 e. The molecular formula is C12H9FN2O3. The van der Waals surface area contributed by atoms with Gasteiger partial charge in [0.1, 0.15) is 17.3 Å². The van der Waals surface area contributed by atoms with Gasteiger partial charge in [0, 0.05) is 23.6 Å². The van der Waals surface area contributed by atoms with Crippen LogP contribution in [0.25, 0.3) is 11.3 Å². The van der Waals surface area contributed by atoms with E-state index in [1.807, 2.05) is 0 Å². The van der Waals surface area contributed by atoms with Gasteiger partial charge in [0.15, 0.2) is 0 Å². The van der Waals surface area contributed by atoms with Gasteiger partial charge in [0.2, 0.25) is 0 Å². The summed E-state index contributed by atoms with van der Waals surface area (Å²) in [5.41, 5.74) is 1.77. The zero-order valence-corrected chi connectivity index (χ0v) is 9.24. The molecule has 0 amide bonds. The predicted molar refractivity (Wildman–Crippen MR) is 60.1 cm³/mol. The van der Waals surface area contributed by atoms with E-state index >= 15 is 0 Å². The van der Waals surface area contributed by atoms with Gasteiger partial charge in [-0.05, 0) is 12.1 Å². The molecule has 1 aromatic heterocycles. The van der Waals surface area contributed by atoms with Crippen LogP contribution in [0.4, 0.5) is 4.39 Å². The summed E-state index contributed by atoms with van der Waals surface area (Å²) in [6, 6.07) is 4.12. The molecule has 5 nitrogen and oxygen atoms in total. The summed E-state index contributed by atoms with van der Waals surface area (Å²) in [4.78, 5) is 11.0. The zero-order chi connectivity index (χ0) is 12.7. The molecule has 3 rings (SSSR count). The topological polar surface area (TPSA) is 75.2 Å². The predicted octanol–water partition coefficient (Wildman–Crippen LogP) is 1.85. The smallest absolute Gasteiger partial charge is 0.354 e. The molecule has 0 spiro atoms. The Morgan fingerprint density at radius 1 is 1.50 bits per heavy atom. The Bertz CT molecular complexity index is 636. The maximum absolute atomic E-state index is 13.1. The third-order valence-corrected chi connectivity index (χ3v) is 2.89. The van der Waals surface area contributed by atoms with Gasteiger partial charge < -0.3 is 9.84 Å². The van der Waals surface area contributed by atoms with Gasteiger partial charge >= 0.3 is 5.97 Å². The van der Waals surface area contributed by atoms with Crippen molar-refractivity contribution < 1.29 is 19.0 Å². The van der Waals surface area contributed by atoms with Gasteiger partial charge in [0.05, 0.1) is 12.3 Å². The van der Waals surface area contributed by atoms with Crippen molar-refractivity contribution in [3.63, 3.8) is 0 Å². The van der Waals surface area contributed by atoms with Crippen LogP contribution in [0.1, 0.15) is 16.1 Å². The molecule has 0 atom stereocenters. The molecule has 0 saturated heterocycles. The summed E-state index contributed by atoms with van der Waals surface area (Å²) in [7, 11) is 0. The van der Waals surface area contributed by atoms with Crippen molar-refractivity contribution in [1.29, 1.82) is 0 Å². The number of carboxylic acid groups (broad SMARTS) is 1. The summed E-state index contributed by atoms with van der Waals surface area (Å²) in [5, 5.41) is 15.5. The first-order valence-corrected chi connectivity index (χ1v) is 5.40. The fraction of sp³-hybridized carbons (Fsp3) is 0.167. The molecular weight excluding hydrogens is 239 g/mol. The molecule has 92 valence electrons. The van der Waals surface area contributed by atoms with E-state index in [2.05, 4.69) is 10.2 Å². The Balaban J connectivity index is 2.22. The van der Waals surface area contributed by atoms with Crippen molar-refractivity contribution in [2.45, 2.75) is 6.42 Å². The Labute approximate surface area is 101 Å². The zero-order valence-electron chi connectivity index (χ0n) is 9.24. The minimum Gasteiger partial charge on any atom is -0.492 e. The Hall–Kier alpha value is -2.37. The summed E-state index contributed by atoms with van der Waals surface area (Å²) in [5.74, 6) is -1.07. The minimum atomic E-state index is -1.06. The second-order valence-electron chi connectivity index (χ2n) is 3.97. The lowest BCUT2D eigenvalue weighted by atomic mass is 10.0. The number of rotatable bonds is 1. The van der Waals surface area contributed by atoms with Crippen LogP contribution >= 0.6 is 0 Å². The van der Waals surface area contributed by atoms with Crippen molar-refractivity contribution in [3.05, 3.63) is 35.3 Å². The quantitative estimate of drug-likeness (QED) is 0.807. The number of ether oxygens (including phenoxy) is 1. The molecule has 6 heteroatoms. The van der Waals surface area contributed by atoms with E-state index in [1.54, 1.807) is 6.07 Å². The van der Waals surface area contributed by atoms with Crippen LogP contribution < -0.4 is 4.74 Å². The average molecular weight is 248 g/mol. The van der Waals surface area contributed by atoms with Gasteiger partial charge in [-0.25, -0.2) is 9.18 Å². The Morgan fingerprint density at radius 3 is 3.11 bits per heavy atom. The highest BCUT2D eigenvalue weighted by molar-refractivity contribution is 5.90. The molecule has 0 bridgehead atoms. The number of nitrogens with one attached hydrogen (secondary N) is 1. The van der Waals surface area contributed by atoms with Crippen molar-refractivity contribution in [1.82, 2.24) is 10.2 Å². The monoisotopic (exact) mass is 248 g/mol. The number of aromatic amines is 1. The van der Waals surface area contributed by atoms with E-state index in [9.17, 15) is 9.18 Å². The first-order valence-electron chi connectivity index (χ1n) is 5.40. The Kier molecular flexibility index (Phi) is 2.29. The van der Waals surface area contributed by atoms with E-state index in [-0.39, 0.29) is 5.69 Å². The fourth-order valence-electron chi connectivity index (χ4n) is 2.08. The van der Waals surface area contributed by atoms with E-state index in [1.165, 1.54) is 12.1 Å². The number of H-pyrrole nitrogens is 1. The fourth-order valence-corrected chi connectivity index (χ4v) is 2.08. The van der Waals surface area contributed by atoms with E-state index in [0.29, 0.717) is 35.6 Å². The highest BCUT2D eigenvalue weighted by Crippen LogP contribution is 2.35. The average Bonchev–Trinajstić information content (AvgIpc) is 2.66. The largest absolute Gasteiger partial charge is 0.492 e. The number of aromatic nitrogens is 2. The van der Waals surface area contributed by atoms with Crippen molar-refractivity contribution in [2.24, 2.45) is 0 Å². The summed E-state index contributed by atoms with van der Waals surface area (Å²) in [6.45, 7) is 0.295. The number of fused-ring (bicyclic) bond motifs is 3. The number of halogens is 1. The molecule has 1 aliphatic rings. The number of hydrogen-bond acceptors (Lipinski definition) is 3. The molecule has 0 saturated carbocycles. The molecule has 0 unspecified atom stereocenters.